The highest BCUT2D eigenvalue weighted by molar-refractivity contribution is 7.81. The van der Waals surface area contributed by atoms with Crippen molar-refractivity contribution < 1.29 is 26.7 Å². The molecule has 0 bridgehead atoms. The summed E-state index contributed by atoms with van der Waals surface area (Å²) in [6.07, 6.45) is -3.18. The summed E-state index contributed by atoms with van der Waals surface area (Å²) in [6.45, 7) is 3.92. The summed E-state index contributed by atoms with van der Waals surface area (Å²) in [5.41, 5.74) is 1.74. The Kier molecular flexibility index (Phi) is 6.75. The smallest absolute Gasteiger partial charge is 0.573 e. The van der Waals surface area contributed by atoms with E-state index in [1.165, 1.54) is 27.8 Å². The van der Waals surface area contributed by atoms with Crippen LogP contribution in [0.2, 0.25) is 0 Å². The molecule has 0 amide bonds. The highest BCUT2D eigenvalue weighted by atomic mass is 32.2. The van der Waals surface area contributed by atoms with E-state index in [0.717, 1.165) is 40.7 Å². The summed E-state index contributed by atoms with van der Waals surface area (Å²) in [5.74, 6) is -0.273. The van der Waals surface area contributed by atoms with Crippen LogP contribution in [0, 0.1) is 6.92 Å². The van der Waals surface area contributed by atoms with Crippen LogP contribution >= 0.6 is 11.3 Å². The molecule has 1 aliphatic rings. The third-order valence-electron chi connectivity index (χ3n) is 5.64. The Hall–Kier alpha value is -2.14. The maximum atomic E-state index is 12.4. The lowest BCUT2D eigenvalue weighted by Crippen LogP contribution is -2.51. The summed E-state index contributed by atoms with van der Waals surface area (Å²) < 4.78 is 68.0. The molecule has 2 aromatic carbocycles. The van der Waals surface area contributed by atoms with Crippen LogP contribution in [0.4, 0.5) is 18.2 Å². The topological polar surface area (TPSA) is 55.8 Å². The first kappa shape index (κ1) is 23.0. The molecule has 1 aliphatic heterocycles. The molecule has 172 valence electrons. The fourth-order valence-electron chi connectivity index (χ4n) is 3.92. The van der Waals surface area contributed by atoms with Crippen LogP contribution in [0.3, 0.4) is 0 Å². The largest absolute Gasteiger partial charge is 0.755 e. The molecule has 2 atom stereocenters. The Morgan fingerprint density at radius 2 is 1.88 bits per heavy atom. The van der Waals surface area contributed by atoms with Crippen molar-refractivity contribution in [2.24, 2.45) is 0 Å². The highest BCUT2D eigenvalue weighted by Gasteiger charge is 2.31. The lowest BCUT2D eigenvalue weighted by atomic mass is 10.0. The minimum atomic E-state index is -4.73. The molecule has 2 unspecified atom stereocenters. The number of nitrogens with zero attached hydrogens (tertiary/aromatic N) is 2. The number of rotatable bonds is 8. The summed E-state index contributed by atoms with van der Waals surface area (Å²) >= 11 is -1.01. The molecule has 0 radical (unpaired) electrons. The zero-order valence-electron chi connectivity index (χ0n) is 17.3. The monoisotopic (exact) mass is 483 g/mol. The van der Waals surface area contributed by atoms with Crippen LogP contribution in [0.15, 0.2) is 48.5 Å². The van der Waals surface area contributed by atoms with Crippen LogP contribution in [-0.4, -0.2) is 45.7 Å². The Labute approximate surface area is 190 Å². The zero-order valence-corrected chi connectivity index (χ0v) is 18.9. The number of halogens is 3. The number of likely N-dealkylation sites (tertiary alicyclic amines) is 1. The van der Waals surface area contributed by atoms with Crippen LogP contribution in [0.1, 0.15) is 17.5 Å². The molecule has 1 aromatic heterocycles. The van der Waals surface area contributed by atoms with Gasteiger partial charge in [0.15, 0.2) is 0 Å². The van der Waals surface area contributed by atoms with Crippen molar-refractivity contribution >= 4 is 37.7 Å². The van der Waals surface area contributed by atoms with Gasteiger partial charge in [0.1, 0.15) is 10.8 Å². The van der Waals surface area contributed by atoms with Gasteiger partial charge < -0.3 is 9.29 Å². The van der Waals surface area contributed by atoms with Gasteiger partial charge in [-0.2, -0.15) is 0 Å². The van der Waals surface area contributed by atoms with Gasteiger partial charge in [-0.05, 0) is 67.6 Å². The van der Waals surface area contributed by atoms with Gasteiger partial charge in [-0.25, -0.2) is 0 Å². The van der Waals surface area contributed by atoms with E-state index in [4.69, 9.17) is 0 Å². The molecular weight excluding hydrogens is 461 g/mol. The fourth-order valence-corrected chi connectivity index (χ4v) is 5.90. The molecule has 1 fully saturated rings. The molecule has 32 heavy (non-hydrogen) atoms. The van der Waals surface area contributed by atoms with Crippen molar-refractivity contribution in [3.05, 3.63) is 59.7 Å². The number of fused-ring (bicyclic) bond motifs is 1. The van der Waals surface area contributed by atoms with E-state index in [1.54, 1.807) is 12.1 Å². The van der Waals surface area contributed by atoms with Crippen LogP contribution < -0.4 is 9.04 Å². The fraction of sp³-hybridized carbons (Fsp3) is 0.364. The van der Waals surface area contributed by atoms with Crippen molar-refractivity contribution in [2.45, 2.75) is 32.2 Å². The van der Waals surface area contributed by atoms with Gasteiger partial charge in [-0.15, -0.1) is 24.5 Å². The molecule has 0 saturated carbocycles. The third-order valence-corrected chi connectivity index (χ3v) is 7.74. The molecule has 0 aliphatic carbocycles. The molecule has 10 heteroatoms. The first-order valence-electron chi connectivity index (χ1n) is 10.1. The van der Waals surface area contributed by atoms with E-state index in [1.807, 2.05) is 31.2 Å². The van der Waals surface area contributed by atoms with E-state index in [0.29, 0.717) is 11.4 Å². The average molecular weight is 484 g/mol. The van der Waals surface area contributed by atoms with E-state index >= 15 is 0 Å². The second-order valence-electron chi connectivity index (χ2n) is 7.75. The summed E-state index contributed by atoms with van der Waals surface area (Å²) in [5, 5.41) is 1.72. The molecular formula is C22H22F3N2O3S2-. The van der Waals surface area contributed by atoms with Gasteiger partial charge in [0.2, 0.25) is 0 Å². The Morgan fingerprint density at radius 3 is 2.44 bits per heavy atom. The number of alkyl halides is 3. The molecule has 3 aromatic rings. The molecule has 1 saturated heterocycles. The van der Waals surface area contributed by atoms with E-state index in [-0.39, 0.29) is 18.3 Å². The third kappa shape index (κ3) is 5.25. The second-order valence-corrected chi connectivity index (χ2v) is 9.65. The van der Waals surface area contributed by atoms with E-state index in [9.17, 15) is 21.9 Å². The predicted molar refractivity (Wildman–Crippen MR) is 120 cm³/mol. The molecule has 5 nitrogen and oxygen atoms in total. The lowest BCUT2D eigenvalue weighted by molar-refractivity contribution is -0.274. The van der Waals surface area contributed by atoms with Crippen molar-refractivity contribution in [3.63, 3.8) is 0 Å². The summed E-state index contributed by atoms with van der Waals surface area (Å²) in [6, 6.07) is 13.5. The molecule has 0 N–H and O–H groups in total. The second kappa shape index (κ2) is 9.38. The number of ether oxygens (including phenoxy) is 1. The quantitative estimate of drug-likeness (QED) is 0.422. The number of hydrogen-bond acceptors (Lipinski definition) is 5. The Morgan fingerprint density at radius 1 is 1.19 bits per heavy atom. The predicted octanol–water partition coefficient (Wildman–Crippen LogP) is 5.03. The van der Waals surface area contributed by atoms with Gasteiger partial charge in [0, 0.05) is 28.6 Å². The number of anilines is 1. The van der Waals surface area contributed by atoms with Crippen LogP contribution in [0.5, 0.6) is 5.75 Å². The minimum absolute atomic E-state index is 0.0966. The van der Waals surface area contributed by atoms with Crippen molar-refractivity contribution in [1.29, 1.82) is 0 Å². The van der Waals surface area contributed by atoms with Gasteiger partial charge in [-0.3, -0.25) is 13.4 Å². The standard InChI is InChI=1S/C22H23F3N2O3S2/c1-15-19-5-2-3-6-20(19)31-21(15)27(32(28)29)14-17(26-11-4-12-26)13-16-7-9-18(10-8-16)30-22(23,24)25/h2-3,5-10,17H,4,11-14H2,1H3,(H,28,29)/p-1. The SMILES string of the molecule is Cc1c(N(CC(Cc2ccc(OC(F)(F)F)cc2)N2CCC2)S(=O)[O-])sc2ccccc12. The number of benzene rings is 2. The molecule has 2 heterocycles. The van der Waals surface area contributed by atoms with Crippen molar-refractivity contribution in [3.8, 4) is 5.75 Å². The average Bonchev–Trinajstić information content (AvgIpc) is 3.01. The van der Waals surface area contributed by atoms with Crippen molar-refractivity contribution in [1.82, 2.24) is 4.90 Å². The number of thiophene rings is 1. The van der Waals surface area contributed by atoms with Gasteiger partial charge in [-0.1, -0.05) is 30.3 Å². The lowest BCUT2D eigenvalue weighted by Gasteiger charge is -2.41. The summed E-state index contributed by atoms with van der Waals surface area (Å²) in [7, 11) is 0. The Bertz CT molecular complexity index is 1100. The normalized spacial score (nSPS) is 16.5. The Balaban J connectivity index is 1.56. The van der Waals surface area contributed by atoms with E-state index in [2.05, 4.69) is 9.64 Å². The van der Waals surface area contributed by atoms with Gasteiger partial charge in [0.25, 0.3) is 0 Å². The first-order valence-corrected chi connectivity index (χ1v) is 12.0. The highest BCUT2D eigenvalue weighted by Crippen LogP contribution is 2.38. The van der Waals surface area contributed by atoms with Crippen LogP contribution in [-0.2, 0) is 17.7 Å². The number of hydrogen-bond donors (Lipinski definition) is 0. The number of aryl methyl sites for hydroxylation is 1. The molecule has 0 spiro atoms. The summed E-state index contributed by atoms with van der Waals surface area (Å²) in [4.78, 5) is 2.21. The maximum Gasteiger partial charge on any atom is 0.573 e. The molecule has 4 rings (SSSR count). The maximum absolute atomic E-state index is 12.4. The zero-order chi connectivity index (χ0) is 22.9. The first-order chi connectivity index (χ1) is 15.2. The van der Waals surface area contributed by atoms with Gasteiger partial charge >= 0.3 is 6.36 Å². The van der Waals surface area contributed by atoms with Crippen LogP contribution in [0.25, 0.3) is 10.1 Å². The van der Waals surface area contributed by atoms with Crippen molar-refractivity contribution in [2.75, 3.05) is 23.9 Å². The van der Waals surface area contributed by atoms with E-state index < -0.39 is 17.6 Å². The van der Waals surface area contributed by atoms with Gasteiger partial charge in [0.05, 0.1) is 0 Å². The minimum Gasteiger partial charge on any atom is -0.755 e.